The van der Waals surface area contributed by atoms with Gasteiger partial charge in [-0.25, -0.2) is 0 Å². The van der Waals surface area contributed by atoms with E-state index in [0.717, 1.165) is 5.56 Å². The smallest absolute Gasteiger partial charge is 0.322 e. The third kappa shape index (κ3) is 3.35. The van der Waals surface area contributed by atoms with Gasteiger partial charge >= 0.3 is 6.01 Å². The molecule has 7 heteroatoms. The zero-order valence-corrected chi connectivity index (χ0v) is 12.3. The zero-order valence-electron chi connectivity index (χ0n) is 11.6. The summed E-state index contributed by atoms with van der Waals surface area (Å²) in [7, 11) is 0. The van der Waals surface area contributed by atoms with E-state index < -0.39 is 0 Å². The number of amides is 1. The minimum Gasteiger partial charge on any atom is -0.453 e. The predicted molar refractivity (Wildman–Crippen MR) is 81.8 cm³/mol. The van der Waals surface area contributed by atoms with Gasteiger partial charge in [-0.05, 0) is 29.8 Å². The molecule has 112 valence electrons. The van der Waals surface area contributed by atoms with Gasteiger partial charge in [-0.15, -0.1) is 5.10 Å². The van der Waals surface area contributed by atoms with Crippen molar-refractivity contribution in [3.05, 3.63) is 59.2 Å². The predicted octanol–water partition coefficient (Wildman–Crippen LogP) is 2.08. The first kappa shape index (κ1) is 14.3. The Labute approximate surface area is 131 Å². The maximum Gasteiger partial charge on any atom is 0.322 e. The maximum absolute atomic E-state index is 11.8. The first-order valence-electron chi connectivity index (χ1n) is 6.66. The number of carbonyl (C=O) groups is 1. The van der Waals surface area contributed by atoms with Crippen LogP contribution in [0.15, 0.2) is 48.7 Å². The summed E-state index contributed by atoms with van der Waals surface area (Å²) in [6, 6.07) is 13.1. The van der Waals surface area contributed by atoms with Gasteiger partial charge in [0.1, 0.15) is 0 Å². The molecule has 3 rings (SSSR count). The van der Waals surface area contributed by atoms with Crippen molar-refractivity contribution in [1.82, 2.24) is 19.9 Å². The molecule has 2 aromatic heterocycles. The Kier molecular flexibility index (Phi) is 4.20. The number of halogens is 1. The van der Waals surface area contributed by atoms with Crippen molar-refractivity contribution >= 4 is 23.2 Å². The highest BCUT2D eigenvalue weighted by molar-refractivity contribution is 6.30. The molecule has 0 aliphatic carbocycles. The number of fused-ring (bicyclic) bond motifs is 1. The molecule has 0 saturated heterocycles. The SMILES string of the molecule is O=C(COc1nnc2ccccn12)NCc1ccc(Cl)cc1. The second kappa shape index (κ2) is 6.44. The number of hydrogen-bond acceptors (Lipinski definition) is 4. The van der Waals surface area contributed by atoms with Crippen molar-refractivity contribution in [2.45, 2.75) is 6.54 Å². The van der Waals surface area contributed by atoms with E-state index in [0.29, 0.717) is 17.2 Å². The van der Waals surface area contributed by atoms with Crippen LogP contribution >= 0.6 is 11.6 Å². The van der Waals surface area contributed by atoms with Crippen LogP contribution in [-0.4, -0.2) is 27.1 Å². The average molecular weight is 317 g/mol. The molecule has 6 nitrogen and oxygen atoms in total. The van der Waals surface area contributed by atoms with Crippen molar-refractivity contribution in [3.8, 4) is 6.01 Å². The number of aromatic nitrogens is 3. The number of ether oxygens (including phenoxy) is 1. The molecule has 0 atom stereocenters. The van der Waals surface area contributed by atoms with E-state index in [1.807, 2.05) is 24.3 Å². The minimum absolute atomic E-state index is 0.122. The van der Waals surface area contributed by atoms with E-state index in [-0.39, 0.29) is 18.5 Å². The first-order chi connectivity index (χ1) is 10.7. The molecule has 0 aliphatic heterocycles. The topological polar surface area (TPSA) is 68.5 Å². The summed E-state index contributed by atoms with van der Waals surface area (Å²) in [5.41, 5.74) is 1.63. The molecule has 1 aromatic carbocycles. The lowest BCUT2D eigenvalue weighted by Crippen LogP contribution is -2.28. The highest BCUT2D eigenvalue weighted by Crippen LogP contribution is 2.10. The molecule has 1 amide bonds. The molecule has 1 N–H and O–H groups in total. The Morgan fingerprint density at radius 2 is 2.00 bits per heavy atom. The van der Waals surface area contributed by atoms with Crippen molar-refractivity contribution in [2.75, 3.05) is 6.61 Å². The molecular weight excluding hydrogens is 304 g/mol. The second-order valence-corrected chi connectivity index (χ2v) is 5.04. The highest BCUT2D eigenvalue weighted by atomic mass is 35.5. The fourth-order valence-corrected chi connectivity index (χ4v) is 2.03. The van der Waals surface area contributed by atoms with Gasteiger partial charge in [0.2, 0.25) is 0 Å². The van der Waals surface area contributed by atoms with Crippen LogP contribution in [0.2, 0.25) is 5.02 Å². The van der Waals surface area contributed by atoms with Crippen molar-refractivity contribution < 1.29 is 9.53 Å². The van der Waals surface area contributed by atoms with E-state index in [4.69, 9.17) is 16.3 Å². The lowest BCUT2D eigenvalue weighted by atomic mass is 10.2. The van der Waals surface area contributed by atoms with Crippen LogP contribution in [0.5, 0.6) is 6.01 Å². The summed E-state index contributed by atoms with van der Waals surface area (Å²) in [5.74, 6) is -0.234. The molecule has 0 saturated carbocycles. The van der Waals surface area contributed by atoms with Gasteiger partial charge < -0.3 is 10.1 Å². The van der Waals surface area contributed by atoms with Gasteiger partial charge in [0.15, 0.2) is 12.3 Å². The molecule has 0 radical (unpaired) electrons. The zero-order chi connectivity index (χ0) is 15.4. The Hall–Kier alpha value is -2.60. The number of nitrogens with zero attached hydrogens (tertiary/aromatic N) is 3. The monoisotopic (exact) mass is 316 g/mol. The normalized spacial score (nSPS) is 10.6. The van der Waals surface area contributed by atoms with E-state index in [1.165, 1.54) is 0 Å². The number of rotatable bonds is 5. The average Bonchev–Trinajstić information content (AvgIpc) is 2.96. The van der Waals surface area contributed by atoms with Crippen LogP contribution in [0, 0.1) is 0 Å². The van der Waals surface area contributed by atoms with Crippen molar-refractivity contribution in [1.29, 1.82) is 0 Å². The minimum atomic E-state index is -0.234. The van der Waals surface area contributed by atoms with Gasteiger partial charge in [-0.2, -0.15) is 0 Å². The van der Waals surface area contributed by atoms with Crippen LogP contribution in [0.4, 0.5) is 0 Å². The van der Waals surface area contributed by atoms with Gasteiger partial charge in [0, 0.05) is 17.8 Å². The molecule has 0 unspecified atom stereocenters. The second-order valence-electron chi connectivity index (χ2n) is 4.60. The lowest BCUT2D eigenvalue weighted by molar-refractivity contribution is -0.123. The number of hydrogen-bond donors (Lipinski definition) is 1. The van der Waals surface area contributed by atoms with E-state index in [2.05, 4.69) is 15.5 Å². The van der Waals surface area contributed by atoms with Gasteiger partial charge in [-0.3, -0.25) is 9.20 Å². The fraction of sp³-hybridized carbons (Fsp3) is 0.133. The molecule has 3 aromatic rings. The molecule has 0 bridgehead atoms. The summed E-state index contributed by atoms with van der Waals surface area (Å²) < 4.78 is 7.06. The molecule has 0 fully saturated rings. The Morgan fingerprint density at radius 3 is 2.82 bits per heavy atom. The molecule has 0 aliphatic rings. The largest absolute Gasteiger partial charge is 0.453 e. The Balaban J connectivity index is 1.53. The number of benzene rings is 1. The standard InChI is InChI=1S/C15H13ClN4O2/c16-12-6-4-11(5-7-12)9-17-14(21)10-22-15-19-18-13-3-1-2-8-20(13)15/h1-8H,9-10H2,(H,17,21). The van der Waals surface area contributed by atoms with Crippen molar-refractivity contribution in [3.63, 3.8) is 0 Å². The van der Waals surface area contributed by atoms with Crippen LogP contribution in [0.1, 0.15) is 5.56 Å². The van der Waals surface area contributed by atoms with Crippen LogP contribution in [-0.2, 0) is 11.3 Å². The number of pyridine rings is 1. The first-order valence-corrected chi connectivity index (χ1v) is 7.04. The van der Waals surface area contributed by atoms with Gasteiger partial charge in [-0.1, -0.05) is 34.9 Å². The quantitative estimate of drug-likeness (QED) is 0.782. The van der Waals surface area contributed by atoms with Gasteiger partial charge in [0.05, 0.1) is 0 Å². The third-order valence-corrected chi connectivity index (χ3v) is 3.27. The summed E-state index contributed by atoms with van der Waals surface area (Å²) in [5, 5.41) is 11.3. The van der Waals surface area contributed by atoms with E-state index in [1.54, 1.807) is 28.8 Å². The van der Waals surface area contributed by atoms with Crippen LogP contribution in [0.3, 0.4) is 0 Å². The Bertz CT molecular complexity index is 786. The number of nitrogens with one attached hydrogen (secondary N) is 1. The van der Waals surface area contributed by atoms with E-state index >= 15 is 0 Å². The summed E-state index contributed by atoms with van der Waals surface area (Å²) in [6.07, 6.45) is 1.77. The Morgan fingerprint density at radius 1 is 1.18 bits per heavy atom. The van der Waals surface area contributed by atoms with Crippen LogP contribution in [0.25, 0.3) is 5.65 Å². The summed E-state index contributed by atoms with van der Waals surface area (Å²) in [4.78, 5) is 11.8. The van der Waals surface area contributed by atoms with Crippen LogP contribution < -0.4 is 10.1 Å². The summed E-state index contributed by atoms with van der Waals surface area (Å²) in [6.45, 7) is 0.295. The molecule has 0 spiro atoms. The van der Waals surface area contributed by atoms with E-state index in [9.17, 15) is 4.79 Å². The summed E-state index contributed by atoms with van der Waals surface area (Å²) >= 11 is 5.81. The number of carbonyl (C=O) groups excluding carboxylic acids is 1. The highest BCUT2D eigenvalue weighted by Gasteiger charge is 2.08. The maximum atomic E-state index is 11.8. The molecule has 22 heavy (non-hydrogen) atoms. The van der Waals surface area contributed by atoms with Crippen molar-refractivity contribution in [2.24, 2.45) is 0 Å². The molecule has 2 heterocycles. The third-order valence-electron chi connectivity index (χ3n) is 3.02. The van der Waals surface area contributed by atoms with Gasteiger partial charge in [0.25, 0.3) is 5.91 Å². The molecular formula is C15H13ClN4O2. The fourth-order valence-electron chi connectivity index (χ4n) is 1.90. The lowest BCUT2D eigenvalue weighted by Gasteiger charge is -2.06.